The molecule has 2 aromatic rings. The van der Waals surface area contributed by atoms with Crippen LogP contribution in [0.25, 0.3) is 6.08 Å². The van der Waals surface area contributed by atoms with Crippen LogP contribution in [0.4, 0.5) is 5.69 Å². The van der Waals surface area contributed by atoms with Crippen LogP contribution in [-0.2, 0) is 4.79 Å². The third-order valence-electron chi connectivity index (χ3n) is 3.77. The van der Waals surface area contributed by atoms with Gasteiger partial charge in [0.1, 0.15) is 11.4 Å². The van der Waals surface area contributed by atoms with Crippen LogP contribution in [-0.4, -0.2) is 23.9 Å². The summed E-state index contributed by atoms with van der Waals surface area (Å²) < 4.78 is 5.21. The van der Waals surface area contributed by atoms with Crippen molar-refractivity contribution in [1.29, 1.82) is 0 Å². The van der Waals surface area contributed by atoms with Gasteiger partial charge in [-0.3, -0.25) is 9.69 Å². The molecule has 1 aromatic heterocycles. The van der Waals surface area contributed by atoms with Gasteiger partial charge in [0.2, 0.25) is 0 Å². The van der Waals surface area contributed by atoms with Gasteiger partial charge in [-0.05, 0) is 42.1 Å². The molecule has 3 rings (SSSR count). The van der Waals surface area contributed by atoms with Crippen molar-refractivity contribution in [2.75, 3.05) is 17.8 Å². The Labute approximate surface area is 166 Å². The highest BCUT2D eigenvalue weighted by molar-refractivity contribution is 8.14. The van der Waals surface area contributed by atoms with Crippen molar-refractivity contribution in [3.8, 4) is 5.75 Å². The number of hydrogen-bond acceptors (Lipinski definition) is 5. The average molecular weight is 407 g/mol. The summed E-state index contributed by atoms with van der Waals surface area (Å²) in [6.07, 6.45) is 4.00. The number of amides is 1. The standard InChI is InChI=1S/C19H19ClN2O2S2/c1-3-4-9-26-19-21-16(12-14-6-5-10-25-14)18(23)22(19)13-7-8-17(24-2)15(20)11-13/h5-8,10-12H,3-4,9H2,1-2H3/b16-12+. The van der Waals surface area contributed by atoms with E-state index >= 15 is 0 Å². The smallest absolute Gasteiger partial charge is 0.283 e. The first-order valence-electron chi connectivity index (χ1n) is 8.28. The summed E-state index contributed by atoms with van der Waals surface area (Å²) in [5.74, 6) is 1.35. The molecule has 1 aliphatic heterocycles. The quantitative estimate of drug-likeness (QED) is 0.457. The van der Waals surface area contributed by atoms with Crippen LogP contribution < -0.4 is 9.64 Å². The zero-order valence-electron chi connectivity index (χ0n) is 14.6. The van der Waals surface area contributed by atoms with Gasteiger partial charge in [0, 0.05) is 10.6 Å². The number of carbonyl (C=O) groups excluding carboxylic acids is 1. The molecule has 0 saturated carbocycles. The molecule has 1 aromatic carbocycles. The lowest BCUT2D eigenvalue weighted by molar-refractivity contribution is -0.113. The molecule has 0 spiro atoms. The number of thiophene rings is 1. The Kier molecular flexibility index (Phi) is 6.40. The van der Waals surface area contributed by atoms with Gasteiger partial charge >= 0.3 is 0 Å². The molecule has 0 bridgehead atoms. The van der Waals surface area contributed by atoms with Gasteiger partial charge in [-0.1, -0.05) is 42.8 Å². The highest BCUT2D eigenvalue weighted by atomic mass is 35.5. The third-order valence-corrected chi connectivity index (χ3v) is 5.91. The lowest BCUT2D eigenvalue weighted by Crippen LogP contribution is -2.30. The number of benzene rings is 1. The number of anilines is 1. The van der Waals surface area contributed by atoms with Crippen molar-refractivity contribution in [2.45, 2.75) is 19.8 Å². The van der Waals surface area contributed by atoms with Gasteiger partial charge in [-0.25, -0.2) is 4.99 Å². The molecule has 0 unspecified atom stereocenters. The number of aliphatic imine (C=N–C) groups is 1. The number of methoxy groups -OCH3 is 1. The maximum atomic E-state index is 13.0. The molecule has 1 amide bonds. The Morgan fingerprint density at radius 1 is 1.38 bits per heavy atom. The predicted molar refractivity (Wildman–Crippen MR) is 113 cm³/mol. The minimum absolute atomic E-state index is 0.140. The van der Waals surface area contributed by atoms with Crippen molar-refractivity contribution in [3.05, 3.63) is 51.3 Å². The molecule has 1 aliphatic rings. The number of unbranched alkanes of at least 4 members (excludes halogenated alkanes) is 1. The van der Waals surface area contributed by atoms with E-state index in [0.29, 0.717) is 27.3 Å². The van der Waals surface area contributed by atoms with Crippen LogP contribution in [0.5, 0.6) is 5.75 Å². The minimum Gasteiger partial charge on any atom is -0.495 e. The fourth-order valence-corrected chi connectivity index (χ4v) is 4.43. The highest BCUT2D eigenvalue weighted by Gasteiger charge is 2.32. The van der Waals surface area contributed by atoms with Gasteiger partial charge in [-0.2, -0.15) is 0 Å². The maximum Gasteiger partial charge on any atom is 0.283 e. The molecular formula is C19H19ClN2O2S2. The highest BCUT2D eigenvalue weighted by Crippen LogP contribution is 2.34. The topological polar surface area (TPSA) is 41.9 Å². The Hall–Kier alpha value is -1.76. The van der Waals surface area contributed by atoms with E-state index in [0.717, 1.165) is 23.5 Å². The second kappa shape index (κ2) is 8.75. The van der Waals surface area contributed by atoms with Gasteiger partial charge in [0.25, 0.3) is 5.91 Å². The molecule has 7 heteroatoms. The average Bonchev–Trinajstić information content (AvgIpc) is 3.24. The first kappa shape index (κ1) is 19.0. The van der Waals surface area contributed by atoms with E-state index in [1.165, 1.54) is 0 Å². The van der Waals surface area contributed by atoms with E-state index in [-0.39, 0.29) is 5.91 Å². The molecule has 0 saturated heterocycles. The van der Waals surface area contributed by atoms with Crippen molar-refractivity contribution in [2.24, 2.45) is 4.99 Å². The Morgan fingerprint density at radius 3 is 2.88 bits per heavy atom. The molecule has 26 heavy (non-hydrogen) atoms. The molecule has 0 N–H and O–H groups in total. The van der Waals surface area contributed by atoms with Crippen LogP contribution in [0.3, 0.4) is 0 Å². The first-order chi connectivity index (χ1) is 12.6. The van der Waals surface area contributed by atoms with Crippen molar-refractivity contribution < 1.29 is 9.53 Å². The van der Waals surface area contributed by atoms with Crippen molar-refractivity contribution in [3.63, 3.8) is 0 Å². The summed E-state index contributed by atoms with van der Waals surface area (Å²) in [6, 6.07) is 9.25. The monoisotopic (exact) mass is 406 g/mol. The fraction of sp³-hybridized carbons (Fsp3) is 0.263. The van der Waals surface area contributed by atoms with Crippen LogP contribution in [0, 0.1) is 0 Å². The number of ether oxygens (including phenoxy) is 1. The van der Waals surface area contributed by atoms with E-state index in [1.54, 1.807) is 47.2 Å². The summed E-state index contributed by atoms with van der Waals surface area (Å²) in [7, 11) is 1.57. The zero-order valence-corrected chi connectivity index (χ0v) is 17.0. The normalized spacial score (nSPS) is 15.7. The number of rotatable bonds is 6. The van der Waals surface area contributed by atoms with Gasteiger partial charge in [-0.15, -0.1) is 11.3 Å². The van der Waals surface area contributed by atoms with Gasteiger partial charge in [0.05, 0.1) is 17.8 Å². The van der Waals surface area contributed by atoms with Crippen molar-refractivity contribution >= 4 is 57.5 Å². The van der Waals surface area contributed by atoms with E-state index < -0.39 is 0 Å². The summed E-state index contributed by atoms with van der Waals surface area (Å²) in [4.78, 5) is 20.2. The molecule has 0 atom stereocenters. The lowest BCUT2D eigenvalue weighted by Gasteiger charge is -2.18. The lowest BCUT2D eigenvalue weighted by atomic mass is 10.2. The van der Waals surface area contributed by atoms with E-state index in [9.17, 15) is 4.79 Å². The number of thioether (sulfide) groups is 1. The summed E-state index contributed by atoms with van der Waals surface area (Å²) in [6.45, 7) is 2.14. The largest absolute Gasteiger partial charge is 0.495 e. The molecular weight excluding hydrogens is 388 g/mol. The molecule has 0 fully saturated rings. The van der Waals surface area contributed by atoms with Crippen LogP contribution in [0.15, 0.2) is 46.4 Å². The minimum atomic E-state index is -0.140. The molecule has 2 heterocycles. The van der Waals surface area contributed by atoms with Gasteiger partial charge < -0.3 is 4.74 Å². The number of hydrogen-bond donors (Lipinski definition) is 0. The second-order valence-corrected chi connectivity index (χ2v) is 8.05. The first-order valence-corrected chi connectivity index (χ1v) is 10.5. The van der Waals surface area contributed by atoms with Crippen LogP contribution in [0.2, 0.25) is 5.02 Å². The molecule has 136 valence electrons. The Bertz CT molecular complexity index is 847. The SMILES string of the molecule is CCCCSC1=N/C(=C/c2cccs2)C(=O)N1c1ccc(OC)c(Cl)c1. The fourth-order valence-electron chi connectivity index (χ4n) is 2.43. The van der Waals surface area contributed by atoms with Crippen LogP contribution in [0.1, 0.15) is 24.6 Å². The van der Waals surface area contributed by atoms with Gasteiger partial charge in [0.15, 0.2) is 5.17 Å². The predicted octanol–water partition coefficient (Wildman–Crippen LogP) is 5.69. The number of carbonyl (C=O) groups is 1. The van der Waals surface area contributed by atoms with E-state index in [4.69, 9.17) is 16.3 Å². The zero-order chi connectivity index (χ0) is 18.5. The van der Waals surface area contributed by atoms with Crippen LogP contribution >= 0.6 is 34.7 Å². The maximum absolute atomic E-state index is 13.0. The third kappa shape index (κ3) is 4.14. The summed E-state index contributed by atoms with van der Waals surface area (Å²) in [5.41, 5.74) is 1.14. The summed E-state index contributed by atoms with van der Waals surface area (Å²) in [5, 5.41) is 3.13. The van der Waals surface area contributed by atoms with E-state index in [2.05, 4.69) is 11.9 Å². The van der Waals surface area contributed by atoms with E-state index in [1.807, 2.05) is 29.7 Å². The number of nitrogens with zero attached hydrogens (tertiary/aromatic N) is 2. The second-order valence-electron chi connectivity index (χ2n) is 5.60. The molecule has 0 aliphatic carbocycles. The number of amidine groups is 1. The molecule has 4 nitrogen and oxygen atoms in total. The Morgan fingerprint density at radius 2 is 2.23 bits per heavy atom. The number of halogens is 1. The van der Waals surface area contributed by atoms with Crippen molar-refractivity contribution in [1.82, 2.24) is 0 Å². The summed E-state index contributed by atoms with van der Waals surface area (Å²) >= 11 is 9.43. The molecule has 0 radical (unpaired) electrons. The Balaban J connectivity index is 1.94.